The molecule has 23 heavy (non-hydrogen) atoms. The molecule has 1 fully saturated rings. The van der Waals surface area contributed by atoms with Crippen molar-refractivity contribution in [1.82, 2.24) is 4.90 Å². The van der Waals surface area contributed by atoms with E-state index in [4.69, 9.17) is 0 Å². The highest BCUT2D eigenvalue weighted by molar-refractivity contribution is 5.85. The van der Waals surface area contributed by atoms with Crippen molar-refractivity contribution in [2.45, 2.75) is 52.0 Å². The second-order valence-corrected chi connectivity index (χ2v) is 6.43. The molecule has 0 saturated heterocycles. The first-order valence-corrected chi connectivity index (χ1v) is 8.69. The molecule has 2 unspecified atom stereocenters. The number of hydrogen-bond acceptors (Lipinski definition) is 2. The number of hydrogen-bond donors (Lipinski definition) is 1. The van der Waals surface area contributed by atoms with Crippen LogP contribution in [0.15, 0.2) is 30.3 Å². The Kier molecular flexibility index (Phi) is 6.63. The number of unbranched alkanes of at least 4 members (excludes halogenated alkanes) is 1. The zero-order valence-corrected chi connectivity index (χ0v) is 13.9. The van der Waals surface area contributed by atoms with Gasteiger partial charge in [-0.2, -0.15) is 0 Å². The molecule has 1 aliphatic carbocycles. The number of carboxylic acids is 1. The van der Waals surface area contributed by atoms with Crippen LogP contribution in [0.4, 0.5) is 0 Å². The number of nitrogens with zero attached hydrogens (tertiary/aromatic N) is 1. The minimum absolute atomic E-state index is 0.0226. The number of aliphatic carboxylic acids is 1. The van der Waals surface area contributed by atoms with Gasteiger partial charge in [0.05, 0.1) is 11.8 Å². The molecule has 0 aromatic heterocycles. The summed E-state index contributed by atoms with van der Waals surface area (Å²) in [6.45, 7) is 3.38. The molecule has 4 heteroatoms. The molecule has 1 saturated carbocycles. The number of carbonyl (C=O) groups excluding carboxylic acids is 1. The lowest BCUT2D eigenvalue weighted by Gasteiger charge is -2.33. The first kappa shape index (κ1) is 17.5. The highest BCUT2D eigenvalue weighted by atomic mass is 16.4. The van der Waals surface area contributed by atoms with Crippen LogP contribution in [0.25, 0.3) is 0 Å². The Bertz CT molecular complexity index is 515. The first-order chi connectivity index (χ1) is 11.1. The topological polar surface area (TPSA) is 57.6 Å². The lowest BCUT2D eigenvalue weighted by molar-refractivity contribution is -0.152. The van der Waals surface area contributed by atoms with E-state index in [1.807, 2.05) is 35.2 Å². The van der Waals surface area contributed by atoms with E-state index < -0.39 is 11.9 Å². The fourth-order valence-electron chi connectivity index (χ4n) is 3.38. The molecule has 2 atom stereocenters. The van der Waals surface area contributed by atoms with E-state index in [2.05, 4.69) is 6.92 Å². The fraction of sp³-hybridized carbons (Fsp3) is 0.579. The number of rotatable bonds is 7. The smallest absolute Gasteiger partial charge is 0.307 e. The summed E-state index contributed by atoms with van der Waals surface area (Å²) >= 11 is 0. The number of benzene rings is 1. The van der Waals surface area contributed by atoms with Crippen LogP contribution in [0.3, 0.4) is 0 Å². The summed E-state index contributed by atoms with van der Waals surface area (Å²) in [7, 11) is 0. The summed E-state index contributed by atoms with van der Waals surface area (Å²) in [5, 5.41) is 9.43. The van der Waals surface area contributed by atoms with Gasteiger partial charge >= 0.3 is 5.97 Å². The Morgan fingerprint density at radius 3 is 2.39 bits per heavy atom. The Labute approximate surface area is 138 Å². The minimum atomic E-state index is -0.821. The molecular formula is C19H27NO3. The molecule has 0 radical (unpaired) electrons. The van der Waals surface area contributed by atoms with Gasteiger partial charge in [0.1, 0.15) is 0 Å². The van der Waals surface area contributed by atoms with Crippen molar-refractivity contribution in [3.05, 3.63) is 35.9 Å². The van der Waals surface area contributed by atoms with Crippen LogP contribution in [0.2, 0.25) is 0 Å². The summed E-state index contributed by atoms with van der Waals surface area (Å²) in [5.41, 5.74) is 1.10. The molecule has 1 aliphatic rings. The third-order valence-electron chi connectivity index (χ3n) is 4.71. The van der Waals surface area contributed by atoms with Gasteiger partial charge in [-0.1, -0.05) is 56.5 Å². The summed E-state index contributed by atoms with van der Waals surface area (Å²) < 4.78 is 0. The predicted molar refractivity (Wildman–Crippen MR) is 89.9 cm³/mol. The van der Waals surface area contributed by atoms with Crippen molar-refractivity contribution in [3.63, 3.8) is 0 Å². The maximum atomic E-state index is 13.0. The largest absolute Gasteiger partial charge is 0.481 e. The maximum absolute atomic E-state index is 13.0. The standard InChI is InChI=1S/C19H27NO3/c1-2-3-13-20(14-15-9-5-4-6-10-15)18(21)16-11-7-8-12-17(16)19(22)23/h4-6,9-10,16-17H,2-3,7-8,11-14H2,1H3,(H,22,23). The van der Waals surface area contributed by atoms with Crippen LogP contribution < -0.4 is 0 Å². The molecule has 0 spiro atoms. The third-order valence-corrected chi connectivity index (χ3v) is 4.71. The Hall–Kier alpha value is -1.84. The quantitative estimate of drug-likeness (QED) is 0.834. The van der Waals surface area contributed by atoms with E-state index in [9.17, 15) is 14.7 Å². The van der Waals surface area contributed by atoms with Gasteiger partial charge in [0.2, 0.25) is 5.91 Å². The second kappa shape index (κ2) is 8.70. The van der Waals surface area contributed by atoms with Crippen molar-refractivity contribution in [1.29, 1.82) is 0 Å². The van der Waals surface area contributed by atoms with Crippen molar-refractivity contribution in [3.8, 4) is 0 Å². The molecule has 0 bridgehead atoms. The molecule has 0 heterocycles. The zero-order chi connectivity index (χ0) is 16.7. The molecule has 1 aromatic rings. The van der Waals surface area contributed by atoms with Gasteiger partial charge in [0.15, 0.2) is 0 Å². The molecule has 1 N–H and O–H groups in total. The summed E-state index contributed by atoms with van der Waals surface area (Å²) in [6, 6.07) is 9.93. The van der Waals surface area contributed by atoms with Crippen molar-refractivity contribution in [2.24, 2.45) is 11.8 Å². The van der Waals surface area contributed by atoms with Crippen molar-refractivity contribution >= 4 is 11.9 Å². The second-order valence-electron chi connectivity index (χ2n) is 6.43. The average molecular weight is 317 g/mol. The molecule has 126 valence electrons. The summed E-state index contributed by atoms with van der Waals surface area (Å²) in [6.07, 6.45) is 5.15. The van der Waals surface area contributed by atoms with E-state index in [0.29, 0.717) is 25.9 Å². The van der Waals surface area contributed by atoms with Gasteiger partial charge in [-0.25, -0.2) is 0 Å². The maximum Gasteiger partial charge on any atom is 0.307 e. The summed E-state index contributed by atoms with van der Waals surface area (Å²) in [5.74, 6) is -1.68. The predicted octanol–water partition coefficient (Wildman–Crippen LogP) is 3.71. The van der Waals surface area contributed by atoms with Crippen LogP contribution in [0.5, 0.6) is 0 Å². The van der Waals surface area contributed by atoms with Gasteiger partial charge in [-0.15, -0.1) is 0 Å². The van der Waals surface area contributed by atoms with Crippen molar-refractivity contribution < 1.29 is 14.7 Å². The Morgan fingerprint density at radius 2 is 1.78 bits per heavy atom. The van der Waals surface area contributed by atoms with Gasteiger partial charge in [0.25, 0.3) is 0 Å². The molecule has 0 aliphatic heterocycles. The fourth-order valence-corrected chi connectivity index (χ4v) is 3.38. The molecular weight excluding hydrogens is 290 g/mol. The lowest BCUT2D eigenvalue weighted by Crippen LogP contribution is -2.42. The Balaban J connectivity index is 2.12. The molecule has 4 nitrogen and oxygen atoms in total. The van der Waals surface area contributed by atoms with Crippen LogP contribution in [-0.2, 0) is 16.1 Å². The van der Waals surface area contributed by atoms with Gasteiger partial charge < -0.3 is 10.0 Å². The number of carboxylic acid groups (broad SMARTS) is 1. The van der Waals surface area contributed by atoms with E-state index in [0.717, 1.165) is 31.2 Å². The highest BCUT2D eigenvalue weighted by Crippen LogP contribution is 2.32. The van der Waals surface area contributed by atoms with Crippen molar-refractivity contribution in [2.75, 3.05) is 6.54 Å². The van der Waals surface area contributed by atoms with Crippen LogP contribution in [0.1, 0.15) is 51.0 Å². The van der Waals surface area contributed by atoms with E-state index >= 15 is 0 Å². The number of amides is 1. The minimum Gasteiger partial charge on any atom is -0.481 e. The van der Waals surface area contributed by atoms with Gasteiger partial charge in [-0.3, -0.25) is 9.59 Å². The highest BCUT2D eigenvalue weighted by Gasteiger charge is 2.37. The zero-order valence-electron chi connectivity index (χ0n) is 13.9. The third kappa shape index (κ3) is 4.81. The summed E-state index contributed by atoms with van der Waals surface area (Å²) in [4.78, 5) is 26.3. The van der Waals surface area contributed by atoms with E-state index in [-0.39, 0.29) is 11.8 Å². The van der Waals surface area contributed by atoms with Gasteiger partial charge in [-0.05, 0) is 24.8 Å². The van der Waals surface area contributed by atoms with Crippen LogP contribution >= 0.6 is 0 Å². The molecule has 1 amide bonds. The SMILES string of the molecule is CCCCN(Cc1ccccc1)C(=O)C1CCCCC1C(=O)O. The average Bonchev–Trinajstić information content (AvgIpc) is 2.58. The monoisotopic (exact) mass is 317 g/mol. The normalized spacial score (nSPS) is 20.9. The molecule has 2 rings (SSSR count). The van der Waals surface area contributed by atoms with E-state index in [1.165, 1.54) is 0 Å². The van der Waals surface area contributed by atoms with Crippen LogP contribution in [-0.4, -0.2) is 28.4 Å². The first-order valence-electron chi connectivity index (χ1n) is 8.69. The van der Waals surface area contributed by atoms with E-state index in [1.54, 1.807) is 0 Å². The Morgan fingerprint density at radius 1 is 1.13 bits per heavy atom. The number of carbonyl (C=O) groups is 2. The lowest BCUT2D eigenvalue weighted by atomic mass is 9.78. The molecule has 1 aromatic carbocycles. The van der Waals surface area contributed by atoms with Gasteiger partial charge in [0, 0.05) is 13.1 Å². The van der Waals surface area contributed by atoms with Crippen LogP contribution in [0, 0.1) is 11.8 Å².